The predicted octanol–water partition coefficient (Wildman–Crippen LogP) is 1.45. The lowest BCUT2D eigenvalue weighted by atomic mass is 9.79. The van der Waals surface area contributed by atoms with Crippen molar-refractivity contribution in [1.82, 2.24) is 5.32 Å². The van der Waals surface area contributed by atoms with Crippen LogP contribution < -0.4 is 20.3 Å². The zero-order chi connectivity index (χ0) is 19.8. The molecule has 0 saturated carbocycles. The van der Waals surface area contributed by atoms with E-state index >= 15 is 0 Å². The number of methoxy groups -OCH3 is 1. The summed E-state index contributed by atoms with van der Waals surface area (Å²) in [5, 5.41) is 5.62. The lowest BCUT2D eigenvalue weighted by Gasteiger charge is -2.43. The van der Waals surface area contributed by atoms with Crippen molar-refractivity contribution in [2.75, 3.05) is 18.6 Å². The van der Waals surface area contributed by atoms with Crippen molar-refractivity contribution in [2.24, 2.45) is 5.92 Å². The third-order valence-electron chi connectivity index (χ3n) is 5.55. The van der Waals surface area contributed by atoms with Gasteiger partial charge in [0.25, 0.3) is 0 Å². The summed E-state index contributed by atoms with van der Waals surface area (Å²) in [4.78, 5) is 27.0. The smallest absolute Gasteiger partial charge is 0.227 e. The standard InChI is InChI=1S/C21H31N3O3/c1-20(2)11-15(12-21(3,4)23-20)22-19(26)14-10-18(25)24(13-14)16-6-8-17(27-5)9-7-16/h6-9,14-15,23H,10-13H2,1-5H3,(H,22,26)/p+1. The summed E-state index contributed by atoms with van der Waals surface area (Å²) < 4.78 is 5.17. The Kier molecular flexibility index (Phi) is 5.21. The van der Waals surface area contributed by atoms with Gasteiger partial charge in [0.15, 0.2) is 0 Å². The second-order valence-corrected chi connectivity index (χ2v) is 9.34. The summed E-state index contributed by atoms with van der Waals surface area (Å²) in [5.74, 6) is 0.451. The summed E-state index contributed by atoms with van der Waals surface area (Å²) in [6.07, 6.45) is 2.14. The molecule has 2 heterocycles. The second-order valence-electron chi connectivity index (χ2n) is 9.34. The fourth-order valence-electron chi connectivity index (χ4n) is 4.83. The molecule has 2 fully saturated rings. The Morgan fingerprint density at radius 3 is 2.30 bits per heavy atom. The van der Waals surface area contributed by atoms with Gasteiger partial charge in [0.2, 0.25) is 11.8 Å². The van der Waals surface area contributed by atoms with Gasteiger partial charge in [0.1, 0.15) is 5.75 Å². The molecule has 2 saturated heterocycles. The lowest BCUT2D eigenvalue weighted by molar-refractivity contribution is -0.787. The van der Waals surface area contributed by atoms with Crippen LogP contribution in [0.2, 0.25) is 0 Å². The molecule has 2 aliphatic rings. The number of hydrogen-bond donors (Lipinski definition) is 2. The highest BCUT2D eigenvalue weighted by atomic mass is 16.5. The van der Waals surface area contributed by atoms with Crippen LogP contribution in [0.15, 0.2) is 24.3 Å². The van der Waals surface area contributed by atoms with Crippen LogP contribution in [-0.4, -0.2) is 42.6 Å². The zero-order valence-electron chi connectivity index (χ0n) is 17.0. The van der Waals surface area contributed by atoms with E-state index in [0.29, 0.717) is 6.54 Å². The number of quaternary nitrogens is 1. The first-order valence-electron chi connectivity index (χ1n) is 9.70. The highest BCUT2D eigenvalue weighted by Crippen LogP contribution is 2.28. The summed E-state index contributed by atoms with van der Waals surface area (Å²) in [6, 6.07) is 7.53. The van der Waals surface area contributed by atoms with E-state index in [9.17, 15) is 9.59 Å². The third-order valence-corrected chi connectivity index (χ3v) is 5.55. The molecule has 0 spiro atoms. The first kappa shape index (κ1) is 19.7. The Hall–Kier alpha value is -2.08. The highest BCUT2D eigenvalue weighted by Gasteiger charge is 2.43. The van der Waals surface area contributed by atoms with Gasteiger partial charge in [0, 0.05) is 37.5 Å². The van der Waals surface area contributed by atoms with Crippen molar-refractivity contribution in [3.63, 3.8) is 0 Å². The molecule has 6 nitrogen and oxygen atoms in total. The molecule has 3 N–H and O–H groups in total. The number of carbonyl (C=O) groups is 2. The van der Waals surface area contributed by atoms with E-state index < -0.39 is 0 Å². The molecule has 148 valence electrons. The van der Waals surface area contributed by atoms with Crippen LogP contribution >= 0.6 is 0 Å². The summed E-state index contributed by atoms with van der Waals surface area (Å²) in [7, 11) is 1.61. The van der Waals surface area contributed by atoms with Crippen molar-refractivity contribution < 1.29 is 19.6 Å². The molecule has 3 rings (SSSR count). The number of anilines is 1. The van der Waals surface area contributed by atoms with Crippen LogP contribution in [0.25, 0.3) is 0 Å². The summed E-state index contributed by atoms with van der Waals surface area (Å²) in [6.45, 7) is 9.31. The summed E-state index contributed by atoms with van der Waals surface area (Å²) in [5.41, 5.74) is 1.01. The Bertz CT molecular complexity index is 696. The number of nitrogens with zero attached hydrogens (tertiary/aromatic N) is 1. The topological polar surface area (TPSA) is 75.2 Å². The minimum absolute atomic E-state index is 0.00189. The fraction of sp³-hybridized carbons (Fsp3) is 0.619. The van der Waals surface area contributed by atoms with Crippen molar-refractivity contribution in [2.45, 2.75) is 64.1 Å². The molecule has 2 aliphatic heterocycles. The highest BCUT2D eigenvalue weighted by molar-refractivity contribution is 6.00. The van der Waals surface area contributed by atoms with Gasteiger partial charge in [-0.1, -0.05) is 0 Å². The maximum Gasteiger partial charge on any atom is 0.227 e. The number of ether oxygens (including phenoxy) is 1. The Morgan fingerprint density at radius 1 is 1.15 bits per heavy atom. The molecule has 27 heavy (non-hydrogen) atoms. The maximum absolute atomic E-state index is 12.8. The van der Waals surface area contributed by atoms with Gasteiger partial charge < -0.3 is 20.3 Å². The molecule has 1 aromatic carbocycles. The van der Waals surface area contributed by atoms with E-state index in [1.807, 2.05) is 24.3 Å². The fourth-order valence-corrected chi connectivity index (χ4v) is 4.83. The van der Waals surface area contributed by atoms with Gasteiger partial charge in [-0.3, -0.25) is 9.59 Å². The van der Waals surface area contributed by atoms with Crippen LogP contribution in [0.4, 0.5) is 5.69 Å². The monoisotopic (exact) mass is 374 g/mol. The van der Waals surface area contributed by atoms with E-state index in [2.05, 4.69) is 38.3 Å². The molecule has 1 atom stereocenters. The Labute approximate surface area is 161 Å². The van der Waals surface area contributed by atoms with Gasteiger partial charge in [-0.25, -0.2) is 0 Å². The number of nitrogens with two attached hydrogens (primary N) is 1. The molecule has 6 heteroatoms. The molecule has 0 aromatic heterocycles. The van der Waals surface area contributed by atoms with Crippen LogP contribution in [0.5, 0.6) is 5.75 Å². The molecule has 1 unspecified atom stereocenters. The average Bonchev–Trinajstić information content (AvgIpc) is 2.94. The second kappa shape index (κ2) is 7.15. The molecular weight excluding hydrogens is 342 g/mol. The van der Waals surface area contributed by atoms with Gasteiger partial charge in [-0.2, -0.15) is 0 Å². The number of nitrogens with one attached hydrogen (secondary N) is 1. The van der Waals surface area contributed by atoms with Gasteiger partial charge in [-0.15, -0.1) is 0 Å². The minimum atomic E-state index is -0.295. The molecule has 0 bridgehead atoms. The Balaban J connectivity index is 1.63. The lowest BCUT2D eigenvalue weighted by Crippen LogP contribution is -3.06. The van der Waals surface area contributed by atoms with E-state index in [1.54, 1.807) is 12.0 Å². The number of carbonyl (C=O) groups excluding carboxylic acids is 2. The maximum atomic E-state index is 12.8. The quantitative estimate of drug-likeness (QED) is 0.838. The largest absolute Gasteiger partial charge is 0.497 e. The molecule has 1 aromatic rings. The predicted molar refractivity (Wildman–Crippen MR) is 105 cm³/mol. The third kappa shape index (κ3) is 4.61. The Morgan fingerprint density at radius 2 is 1.74 bits per heavy atom. The average molecular weight is 375 g/mol. The van der Waals surface area contributed by atoms with E-state index in [1.165, 1.54) is 0 Å². The molecule has 0 radical (unpaired) electrons. The number of amides is 2. The van der Waals surface area contributed by atoms with Gasteiger partial charge in [-0.05, 0) is 52.0 Å². The van der Waals surface area contributed by atoms with Crippen molar-refractivity contribution >= 4 is 17.5 Å². The number of hydrogen-bond acceptors (Lipinski definition) is 3. The van der Waals surface area contributed by atoms with Crippen LogP contribution in [-0.2, 0) is 9.59 Å². The zero-order valence-corrected chi connectivity index (χ0v) is 17.0. The number of rotatable bonds is 4. The number of piperidine rings is 1. The van der Waals surface area contributed by atoms with Crippen LogP contribution in [0.1, 0.15) is 47.0 Å². The molecule has 0 aliphatic carbocycles. The van der Waals surface area contributed by atoms with Crippen LogP contribution in [0, 0.1) is 5.92 Å². The molecular formula is C21H32N3O3+. The van der Waals surface area contributed by atoms with E-state index in [4.69, 9.17) is 4.74 Å². The van der Waals surface area contributed by atoms with Crippen molar-refractivity contribution in [3.8, 4) is 5.75 Å². The van der Waals surface area contributed by atoms with E-state index in [0.717, 1.165) is 24.3 Å². The first-order valence-corrected chi connectivity index (χ1v) is 9.70. The SMILES string of the molecule is COc1ccc(N2CC(C(=O)NC3CC(C)(C)[NH2+]C(C)(C)C3)CC2=O)cc1. The van der Waals surface area contributed by atoms with Crippen molar-refractivity contribution in [1.29, 1.82) is 0 Å². The van der Waals surface area contributed by atoms with E-state index in [-0.39, 0.29) is 41.3 Å². The van der Waals surface area contributed by atoms with Gasteiger partial charge in [0.05, 0.1) is 24.1 Å². The van der Waals surface area contributed by atoms with Crippen LogP contribution in [0.3, 0.4) is 0 Å². The summed E-state index contributed by atoms with van der Waals surface area (Å²) >= 11 is 0. The van der Waals surface area contributed by atoms with Gasteiger partial charge >= 0.3 is 0 Å². The van der Waals surface area contributed by atoms with Crippen molar-refractivity contribution in [3.05, 3.63) is 24.3 Å². The molecule has 2 amide bonds. The number of benzene rings is 1. The normalized spacial score (nSPS) is 24.7. The first-order chi connectivity index (χ1) is 12.6. The minimum Gasteiger partial charge on any atom is -0.497 e.